The number of aromatic nitrogens is 1. The third-order valence-electron chi connectivity index (χ3n) is 4.31. The molecule has 0 unspecified atom stereocenters. The average molecular weight is 429 g/mol. The summed E-state index contributed by atoms with van der Waals surface area (Å²) in [5, 5.41) is 2.67. The van der Waals surface area contributed by atoms with Crippen LogP contribution in [0.3, 0.4) is 0 Å². The van der Waals surface area contributed by atoms with Gasteiger partial charge < -0.3 is 4.74 Å². The van der Waals surface area contributed by atoms with Gasteiger partial charge in [-0.2, -0.15) is 4.31 Å². The number of benzene rings is 2. The molecule has 0 saturated heterocycles. The van der Waals surface area contributed by atoms with Crippen LogP contribution in [0.2, 0.25) is 0 Å². The number of aryl methyl sites for hydroxylation is 2. The van der Waals surface area contributed by atoms with Gasteiger partial charge in [-0.25, -0.2) is 13.4 Å². The van der Waals surface area contributed by atoms with E-state index in [-0.39, 0.29) is 18.0 Å². The Morgan fingerprint density at radius 3 is 2.31 bits per heavy atom. The van der Waals surface area contributed by atoms with E-state index in [1.807, 2.05) is 43.5 Å². The van der Waals surface area contributed by atoms with Crippen molar-refractivity contribution in [3.05, 3.63) is 88.4 Å². The zero-order chi connectivity index (χ0) is 20.9. The molecular formula is C22H24N2O3S2. The topological polar surface area (TPSA) is 59.5 Å². The molecule has 0 aliphatic rings. The molecule has 0 N–H and O–H groups in total. The Hall–Kier alpha value is -2.48. The van der Waals surface area contributed by atoms with E-state index in [0.29, 0.717) is 12.3 Å². The lowest BCUT2D eigenvalue weighted by Gasteiger charge is -2.20. The first-order valence-electron chi connectivity index (χ1n) is 9.19. The third kappa shape index (κ3) is 5.53. The van der Waals surface area contributed by atoms with Crippen LogP contribution < -0.4 is 4.74 Å². The lowest BCUT2D eigenvalue weighted by atomic mass is 10.2. The lowest BCUT2D eigenvalue weighted by Crippen LogP contribution is -2.31. The summed E-state index contributed by atoms with van der Waals surface area (Å²) in [6.45, 7) is 8.38. The van der Waals surface area contributed by atoms with Crippen molar-refractivity contribution >= 4 is 21.4 Å². The molecular weight excluding hydrogens is 404 g/mol. The molecule has 0 saturated carbocycles. The highest BCUT2D eigenvalue weighted by Gasteiger charge is 2.24. The molecule has 0 amide bonds. The third-order valence-corrected chi connectivity index (χ3v) is 7.01. The highest BCUT2D eigenvalue weighted by atomic mass is 32.2. The number of hydrogen-bond acceptors (Lipinski definition) is 5. The fraction of sp³-hybridized carbons (Fsp3) is 0.227. The molecule has 1 heterocycles. The Morgan fingerprint density at radius 1 is 1.07 bits per heavy atom. The SMILES string of the molecule is C=CCN(Cc1csc(COc2ccc(C)cc2)n1)S(=O)(=O)c1ccc(C)cc1. The van der Waals surface area contributed by atoms with Crippen LogP contribution in [-0.2, 0) is 23.2 Å². The standard InChI is InChI=1S/C22H24N2O3S2/c1-4-13-24(29(25,26)21-11-7-18(3)8-12-21)14-19-16-28-22(23-19)15-27-20-9-5-17(2)6-10-20/h4-12,16H,1,13-15H2,2-3H3. The van der Waals surface area contributed by atoms with Crippen LogP contribution in [0.1, 0.15) is 21.8 Å². The van der Waals surface area contributed by atoms with Crippen molar-refractivity contribution in [2.45, 2.75) is 31.9 Å². The molecule has 7 heteroatoms. The van der Waals surface area contributed by atoms with Gasteiger partial charge in [-0.3, -0.25) is 0 Å². The second kappa shape index (κ2) is 9.35. The number of rotatable bonds is 9. The van der Waals surface area contributed by atoms with Crippen molar-refractivity contribution < 1.29 is 13.2 Å². The monoisotopic (exact) mass is 428 g/mol. The van der Waals surface area contributed by atoms with Crippen LogP contribution in [0, 0.1) is 13.8 Å². The van der Waals surface area contributed by atoms with Crippen LogP contribution in [0.5, 0.6) is 5.75 Å². The van der Waals surface area contributed by atoms with Crippen LogP contribution in [0.4, 0.5) is 0 Å². The average Bonchev–Trinajstić information content (AvgIpc) is 3.15. The highest BCUT2D eigenvalue weighted by Crippen LogP contribution is 2.21. The Balaban J connectivity index is 1.70. The second-order valence-corrected chi connectivity index (χ2v) is 9.61. The molecule has 3 rings (SSSR count). The highest BCUT2D eigenvalue weighted by molar-refractivity contribution is 7.89. The first kappa shape index (κ1) is 21.2. The van der Waals surface area contributed by atoms with E-state index in [2.05, 4.69) is 11.6 Å². The van der Waals surface area contributed by atoms with E-state index in [9.17, 15) is 8.42 Å². The van der Waals surface area contributed by atoms with Crippen LogP contribution in [0.15, 0.2) is 71.5 Å². The normalized spacial score (nSPS) is 11.6. The van der Waals surface area contributed by atoms with Crippen LogP contribution >= 0.6 is 11.3 Å². The molecule has 0 aliphatic carbocycles. The lowest BCUT2D eigenvalue weighted by molar-refractivity contribution is 0.305. The summed E-state index contributed by atoms with van der Waals surface area (Å²) in [6.07, 6.45) is 1.58. The number of thiazole rings is 1. The van der Waals surface area contributed by atoms with Gasteiger partial charge in [0.25, 0.3) is 0 Å². The fourth-order valence-corrected chi connectivity index (χ4v) is 4.78. The van der Waals surface area contributed by atoms with Crippen molar-refractivity contribution in [1.82, 2.24) is 9.29 Å². The number of nitrogens with zero attached hydrogens (tertiary/aromatic N) is 2. The molecule has 2 aromatic carbocycles. The molecule has 0 bridgehead atoms. The molecule has 0 aliphatic heterocycles. The minimum absolute atomic E-state index is 0.184. The predicted molar refractivity (Wildman–Crippen MR) is 117 cm³/mol. The van der Waals surface area contributed by atoms with Gasteiger partial charge >= 0.3 is 0 Å². The van der Waals surface area contributed by atoms with Gasteiger partial charge in [0.2, 0.25) is 10.0 Å². The quantitative estimate of drug-likeness (QED) is 0.463. The Kier molecular flexibility index (Phi) is 6.84. The predicted octanol–water partition coefficient (Wildman–Crippen LogP) is 4.72. The Labute approximate surface area is 176 Å². The van der Waals surface area contributed by atoms with E-state index in [1.165, 1.54) is 21.2 Å². The summed E-state index contributed by atoms with van der Waals surface area (Å²) in [7, 11) is -3.63. The summed E-state index contributed by atoms with van der Waals surface area (Å²) in [5.74, 6) is 0.780. The molecule has 5 nitrogen and oxygen atoms in total. The van der Waals surface area contributed by atoms with Gasteiger partial charge in [-0.05, 0) is 38.1 Å². The maximum absolute atomic E-state index is 13.0. The van der Waals surface area contributed by atoms with Crippen molar-refractivity contribution in [1.29, 1.82) is 0 Å². The molecule has 3 aromatic rings. The number of hydrogen-bond donors (Lipinski definition) is 0. The fourth-order valence-electron chi connectivity index (χ4n) is 2.70. The summed E-state index contributed by atoms with van der Waals surface area (Å²) in [6, 6.07) is 14.7. The largest absolute Gasteiger partial charge is 0.486 e. The minimum Gasteiger partial charge on any atom is -0.486 e. The van der Waals surface area contributed by atoms with Gasteiger partial charge in [0.05, 0.1) is 17.1 Å². The van der Waals surface area contributed by atoms with E-state index in [0.717, 1.165) is 16.3 Å². The van der Waals surface area contributed by atoms with E-state index < -0.39 is 10.0 Å². The van der Waals surface area contributed by atoms with Gasteiger partial charge in [0.1, 0.15) is 17.4 Å². The van der Waals surface area contributed by atoms with Crippen LogP contribution in [-0.4, -0.2) is 24.3 Å². The molecule has 1 aromatic heterocycles. The molecule has 0 spiro atoms. The van der Waals surface area contributed by atoms with Crippen LogP contribution in [0.25, 0.3) is 0 Å². The number of ether oxygens (including phenoxy) is 1. The molecule has 0 radical (unpaired) electrons. The second-order valence-electron chi connectivity index (χ2n) is 6.73. The van der Waals surface area contributed by atoms with Crippen molar-refractivity contribution in [3.63, 3.8) is 0 Å². The summed E-state index contributed by atoms with van der Waals surface area (Å²) in [4.78, 5) is 4.81. The summed E-state index contributed by atoms with van der Waals surface area (Å²) in [5.41, 5.74) is 2.87. The Morgan fingerprint density at radius 2 is 1.69 bits per heavy atom. The summed E-state index contributed by atoms with van der Waals surface area (Å²) < 4.78 is 33.2. The minimum atomic E-state index is -3.63. The van der Waals surface area contributed by atoms with Gasteiger partial charge in [-0.15, -0.1) is 17.9 Å². The molecule has 152 valence electrons. The van der Waals surface area contributed by atoms with E-state index in [4.69, 9.17) is 4.74 Å². The maximum atomic E-state index is 13.0. The van der Waals surface area contributed by atoms with Crippen molar-refractivity contribution in [2.24, 2.45) is 0 Å². The maximum Gasteiger partial charge on any atom is 0.243 e. The molecule has 29 heavy (non-hydrogen) atoms. The zero-order valence-corrected chi connectivity index (χ0v) is 18.2. The number of sulfonamides is 1. The van der Waals surface area contributed by atoms with Gasteiger partial charge in [0.15, 0.2) is 0 Å². The van der Waals surface area contributed by atoms with Gasteiger partial charge in [-0.1, -0.05) is 41.5 Å². The summed E-state index contributed by atoms with van der Waals surface area (Å²) >= 11 is 1.46. The first-order chi connectivity index (χ1) is 13.9. The van der Waals surface area contributed by atoms with Crippen molar-refractivity contribution in [3.8, 4) is 5.75 Å². The first-order valence-corrected chi connectivity index (χ1v) is 11.5. The Bertz CT molecular complexity index is 1060. The molecule has 0 atom stereocenters. The van der Waals surface area contributed by atoms with Crippen molar-refractivity contribution in [2.75, 3.05) is 6.54 Å². The van der Waals surface area contributed by atoms with E-state index in [1.54, 1.807) is 30.3 Å². The van der Waals surface area contributed by atoms with Gasteiger partial charge in [0, 0.05) is 11.9 Å². The zero-order valence-electron chi connectivity index (χ0n) is 16.5. The molecule has 0 fully saturated rings. The smallest absolute Gasteiger partial charge is 0.243 e. The van der Waals surface area contributed by atoms with E-state index >= 15 is 0 Å².